The van der Waals surface area contributed by atoms with E-state index in [0.29, 0.717) is 17.8 Å². The zero-order valence-electron chi connectivity index (χ0n) is 9.97. The summed E-state index contributed by atoms with van der Waals surface area (Å²) in [4.78, 5) is 11.5. The van der Waals surface area contributed by atoms with E-state index in [4.69, 9.17) is 10.2 Å². The molecule has 0 atom stereocenters. The number of rotatable bonds is 4. The summed E-state index contributed by atoms with van der Waals surface area (Å²) in [5.74, 6) is 0.362. The molecule has 3 N–H and O–H groups in total. The predicted octanol–water partition coefficient (Wildman–Crippen LogP) is 2.26. The number of esters is 1. The maximum Gasteiger partial charge on any atom is 0.340 e. The van der Waals surface area contributed by atoms with Gasteiger partial charge in [0.25, 0.3) is 0 Å². The average Bonchev–Trinajstić information content (AvgIpc) is 2.90. The van der Waals surface area contributed by atoms with Gasteiger partial charge in [-0.05, 0) is 30.3 Å². The second kappa shape index (κ2) is 5.27. The summed E-state index contributed by atoms with van der Waals surface area (Å²) in [6, 6.07) is 8.80. The maximum absolute atomic E-state index is 11.5. The molecule has 2 rings (SSSR count). The van der Waals surface area contributed by atoms with Gasteiger partial charge in [0, 0.05) is 11.4 Å². The Bertz CT molecular complexity index is 535. The fourth-order valence-corrected chi connectivity index (χ4v) is 1.56. The molecule has 0 spiro atoms. The molecule has 1 heterocycles. The number of methoxy groups -OCH3 is 1. The van der Waals surface area contributed by atoms with E-state index >= 15 is 0 Å². The van der Waals surface area contributed by atoms with Crippen LogP contribution in [0.1, 0.15) is 16.1 Å². The fraction of sp³-hybridized carbons (Fsp3) is 0.154. The molecule has 0 aliphatic rings. The van der Waals surface area contributed by atoms with Crippen LogP contribution in [0.15, 0.2) is 41.0 Å². The Morgan fingerprint density at radius 3 is 2.94 bits per heavy atom. The lowest BCUT2D eigenvalue weighted by atomic mass is 10.1. The van der Waals surface area contributed by atoms with Crippen molar-refractivity contribution in [3.63, 3.8) is 0 Å². The summed E-state index contributed by atoms with van der Waals surface area (Å²) >= 11 is 0. The number of ether oxygens (including phenoxy) is 1. The highest BCUT2D eigenvalue weighted by molar-refractivity contribution is 5.96. The minimum Gasteiger partial charge on any atom is -0.467 e. The lowest BCUT2D eigenvalue weighted by Crippen LogP contribution is -2.07. The second-order valence-corrected chi connectivity index (χ2v) is 3.73. The van der Waals surface area contributed by atoms with E-state index in [0.717, 1.165) is 11.4 Å². The topological polar surface area (TPSA) is 77.5 Å². The molecule has 2 aromatic rings. The van der Waals surface area contributed by atoms with Gasteiger partial charge in [0.15, 0.2) is 0 Å². The first-order chi connectivity index (χ1) is 8.70. The lowest BCUT2D eigenvalue weighted by Gasteiger charge is -2.08. The first-order valence-electron chi connectivity index (χ1n) is 5.45. The van der Waals surface area contributed by atoms with Gasteiger partial charge in [-0.2, -0.15) is 0 Å². The monoisotopic (exact) mass is 246 g/mol. The number of hydrogen-bond donors (Lipinski definition) is 2. The Morgan fingerprint density at radius 1 is 1.44 bits per heavy atom. The Kier molecular flexibility index (Phi) is 3.52. The molecule has 18 heavy (non-hydrogen) atoms. The standard InChI is InChI=1S/C13H14N2O3/c1-17-13(16)11-7-9(4-5-12(11)14)15-8-10-3-2-6-18-10/h2-7,15H,8,14H2,1H3. The molecule has 0 aliphatic heterocycles. The van der Waals surface area contributed by atoms with Crippen LogP contribution in [0.25, 0.3) is 0 Å². The van der Waals surface area contributed by atoms with Crippen molar-refractivity contribution < 1.29 is 13.9 Å². The van der Waals surface area contributed by atoms with Crippen molar-refractivity contribution in [3.05, 3.63) is 47.9 Å². The van der Waals surface area contributed by atoms with E-state index in [1.54, 1.807) is 24.5 Å². The summed E-state index contributed by atoms with van der Waals surface area (Å²) in [7, 11) is 1.32. The van der Waals surface area contributed by atoms with Crippen LogP contribution in [-0.4, -0.2) is 13.1 Å². The highest BCUT2D eigenvalue weighted by Gasteiger charge is 2.10. The Morgan fingerprint density at radius 2 is 2.28 bits per heavy atom. The molecule has 0 amide bonds. The van der Waals surface area contributed by atoms with Gasteiger partial charge in [-0.25, -0.2) is 4.79 Å². The molecule has 0 unspecified atom stereocenters. The van der Waals surface area contributed by atoms with E-state index in [9.17, 15) is 4.79 Å². The van der Waals surface area contributed by atoms with Crippen molar-refractivity contribution in [2.24, 2.45) is 0 Å². The average molecular weight is 246 g/mol. The molecule has 0 bridgehead atoms. The summed E-state index contributed by atoms with van der Waals surface area (Å²) < 4.78 is 9.86. The van der Waals surface area contributed by atoms with Crippen molar-refractivity contribution in [2.45, 2.75) is 6.54 Å². The van der Waals surface area contributed by atoms with Crippen LogP contribution in [0.3, 0.4) is 0 Å². The first kappa shape index (κ1) is 12.0. The number of nitrogens with two attached hydrogens (primary N) is 1. The van der Waals surface area contributed by atoms with E-state index < -0.39 is 5.97 Å². The highest BCUT2D eigenvalue weighted by Crippen LogP contribution is 2.19. The molecule has 0 aliphatic carbocycles. The second-order valence-electron chi connectivity index (χ2n) is 3.73. The Labute approximate surface area is 105 Å². The smallest absolute Gasteiger partial charge is 0.340 e. The van der Waals surface area contributed by atoms with Crippen LogP contribution in [0.2, 0.25) is 0 Å². The van der Waals surface area contributed by atoms with Gasteiger partial charge in [0.1, 0.15) is 5.76 Å². The van der Waals surface area contributed by atoms with Crippen LogP contribution >= 0.6 is 0 Å². The van der Waals surface area contributed by atoms with Crippen LogP contribution in [-0.2, 0) is 11.3 Å². The summed E-state index contributed by atoms with van der Waals surface area (Å²) in [6.07, 6.45) is 1.61. The Balaban J connectivity index is 2.12. The highest BCUT2D eigenvalue weighted by atomic mass is 16.5. The molecular formula is C13H14N2O3. The maximum atomic E-state index is 11.5. The number of nitrogens with one attached hydrogen (secondary N) is 1. The molecule has 5 nitrogen and oxygen atoms in total. The number of benzene rings is 1. The zero-order chi connectivity index (χ0) is 13.0. The van der Waals surface area contributed by atoms with Crippen molar-refractivity contribution in [3.8, 4) is 0 Å². The van der Waals surface area contributed by atoms with Crippen molar-refractivity contribution >= 4 is 17.3 Å². The van der Waals surface area contributed by atoms with E-state index in [2.05, 4.69) is 10.1 Å². The number of nitrogen functional groups attached to an aromatic ring is 1. The van der Waals surface area contributed by atoms with Gasteiger partial charge in [-0.3, -0.25) is 0 Å². The predicted molar refractivity (Wildman–Crippen MR) is 68.2 cm³/mol. The largest absolute Gasteiger partial charge is 0.467 e. The minimum absolute atomic E-state index is 0.349. The molecule has 5 heteroatoms. The van der Waals surface area contributed by atoms with Gasteiger partial charge in [-0.1, -0.05) is 0 Å². The number of furan rings is 1. The molecule has 1 aromatic carbocycles. The summed E-state index contributed by atoms with van der Waals surface area (Å²) in [6.45, 7) is 0.539. The van der Waals surface area contributed by atoms with Crippen LogP contribution in [0.5, 0.6) is 0 Å². The molecular weight excluding hydrogens is 232 g/mol. The number of hydrogen-bond acceptors (Lipinski definition) is 5. The third kappa shape index (κ3) is 2.63. The van der Waals surface area contributed by atoms with Crippen molar-refractivity contribution in [2.75, 3.05) is 18.2 Å². The SMILES string of the molecule is COC(=O)c1cc(NCc2ccco2)ccc1N. The summed E-state index contributed by atoms with van der Waals surface area (Å²) in [5, 5.41) is 3.14. The minimum atomic E-state index is -0.450. The number of anilines is 2. The molecule has 0 saturated carbocycles. The van der Waals surface area contributed by atoms with Crippen molar-refractivity contribution in [1.82, 2.24) is 0 Å². The first-order valence-corrected chi connectivity index (χ1v) is 5.45. The lowest BCUT2D eigenvalue weighted by molar-refractivity contribution is 0.0602. The number of carbonyl (C=O) groups is 1. The van der Waals surface area contributed by atoms with Crippen molar-refractivity contribution in [1.29, 1.82) is 0 Å². The Hall–Kier alpha value is -2.43. The number of carbonyl (C=O) groups excluding carboxylic acids is 1. The van der Waals surface area contributed by atoms with Crippen LogP contribution in [0, 0.1) is 0 Å². The quantitative estimate of drug-likeness (QED) is 0.639. The summed E-state index contributed by atoms with van der Waals surface area (Å²) in [5.41, 5.74) is 7.23. The van der Waals surface area contributed by atoms with Gasteiger partial charge in [0.2, 0.25) is 0 Å². The molecule has 0 fully saturated rings. The molecule has 1 aromatic heterocycles. The molecule has 94 valence electrons. The van der Waals surface area contributed by atoms with E-state index in [1.807, 2.05) is 12.1 Å². The molecule has 0 saturated heterocycles. The third-order valence-electron chi connectivity index (χ3n) is 2.51. The fourth-order valence-electron chi connectivity index (χ4n) is 1.56. The third-order valence-corrected chi connectivity index (χ3v) is 2.51. The van der Waals surface area contributed by atoms with Gasteiger partial charge in [-0.15, -0.1) is 0 Å². The van der Waals surface area contributed by atoms with E-state index in [-0.39, 0.29) is 0 Å². The van der Waals surface area contributed by atoms with E-state index in [1.165, 1.54) is 7.11 Å². The van der Waals surface area contributed by atoms with Gasteiger partial charge in [0.05, 0.1) is 25.5 Å². The van der Waals surface area contributed by atoms with Crippen LogP contribution in [0.4, 0.5) is 11.4 Å². The van der Waals surface area contributed by atoms with Gasteiger partial charge < -0.3 is 20.2 Å². The van der Waals surface area contributed by atoms with Crippen LogP contribution < -0.4 is 11.1 Å². The molecule has 0 radical (unpaired) electrons. The zero-order valence-corrected chi connectivity index (χ0v) is 9.97. The van der Waals surface area contributed by atoms with Gasteiger partial charge >= 0.3 is 5.97 Å². The normalized spacial score (nSPS) is 10.1.